The molecule has 0 aliphatic rings. The first-order valence-corrected chi connectivity index (χ1v) is 17.3. The number of unbranched alkanes of at least 4 members (excludes halogenated alkanes) is 1. The summed E-state index contributed by atoms with van der Waals surface area (Å²) in [5.74, 6) is -0.372. The van der Waals surface area contributed by atoms with E-state index in [9.17, 15) is 14.4 Å². The van der Waals surface area contributed by atoms with Gasteiger partial charge in [0, 0.05) is 27.1 Å². The van der Waals surface area contributed by atoms with Crippen molar-refractivity contribution in [2.45, 2.75) is 51.6 Å². The molecule has 0 spiro atoms. The van der Waals surface area contributed by atoms with Gasteiger partial charge >= 0.3 is 0 Å². The van der Waals surface area contributed by atoms with E-state index in [2.05, 4.69) is 44.0 Å². The molecule has 3 aromatic carbocycles. The third kappa shape index (κ3) is 12.8. The first-order chi connectivity index (χ1) is 23.7. The van der Waals surface area contributed by atoms with Crippen LogP contribution in [0.15, 0.2) is 84.9 Å². The molecule has 5 rings (SSSR count). The molecule has 0 aliphatic heterocycles. The predicted octanol–water partition coefficient (Wildman–Crippen LogP) is 8.14. The second-order valence-corrected chi connectivity index (χ2v) is 13.0. The number of aryl methyl sites for hydroxylation is 3. The molecule has 0 saturated heterocycles. The molecule has 2 heterocycles. The van der Waals surface area contributed by atoms with Crippen molar-refractivity contribution in [2.24, 2.45) is 0 Å². The van der Waals surface area contributed by atoms with Gasteiger partial charge in [-0.15, -0.1) is 15.3 Å². The number of aromatic nitrogens is 4. The van der Waals surface area contributed by atoms with Crippen LogP contribution in [0.3, 0.4) is 0 Å². The van der Waals surface area contributed by atoms with E-state index in [1.165, 1.54) is 16.9 Å². The van der Waals surface area contributed by atoms with Crippen LogP contribution in [0.1, 0.15) is 53.3 Å². The molecule has 2 N–H and O–H groups in total. The predicted molar refractivity (Wildman–Crippen MR) is 193 cm³/mol. The van der Waals surface area contributed by atoms with E-state index in [1.54, 1.807) is 48.5 Å². The van der Waals surface area contributed by atoms with Gasteiger partial charge in [0.1, 0.15) is 5.01 Å². The Balaban J connectivity index is 0.000000520. The number of halogens is 3. The van der Waals surface area contributed by atoms with Crippen LogP contribution in [0.25, 0.3) is 0 Å². The summed E-state index contributed by atoms with van der Waals surface area (Å²) in [5, 5.41) is 24.7. The third-order valence-electron chi connectivity index (χ3n) is 6.89. The second-order valence-electron chi connectivity index (χ2n) is 10.6. The molecule has 10 nitrogen and oxygen atoms in total. The van der Waals surface area contributed by atoms with E-state index in [0.717, 1.165) is 40.6 Å². The van der Waals surface area contributed by atoms with Crippen LogP contribution < -0.4 is 10.6 Å². The average Bonchev–Trinajstić information content (AvgIpc) is 3.53. The van der Waals surface area contributed by atoms with Crippen LogP contribution in [-0.4, -0.2) is 38.7 Å². The number of benzene rings is 3. The fourth-order valence-electron chi connectivity index (χ4n) is 4.51. The molecule has 1 unspecified atom stereocenters. The van der Waals surface area contributed by atoms with Crippen molar-refractivity contribution >= 4 is 75.4 Å². The summed E-state index contributed by atoms with van der Waals surface area (Å²) in [6, 6.07) is 25.1. The maximum atomic E-state index is 12.7. The summed E-state index contributed by atoms with van der Waals surface area (Å²) in [7, 11) is 0. The van der Waals surface area contributed by atoms with E-state index < -0.39 is 12.0 Å². The van der Waals surface area contributed by atoms with Crippen molar-refractivity contribution in [1.29, 1.82) is 0 Å². The monoisotopic (exact) mass is 738 g/mol. The standard InChI is InChI=1S/C27H24Cl2N6O4S.C8H9Cl/c28-19-7-3-5-17(13-19)14-23(37)30-22-12-11-21(32-33-22)9-1-2-10-24-34-35-27(40-24)31-26(38)25(39-16-36)18-6-4-8-20(29)15-18;1-2-7-4-3-5-8(9)6-7/h3-8,11-13,15-16,25H,1-2,9-10,14H2,(H,30,33,37)(H,31,35,38);3-6H,2H2,1H3. The molecule has 49 heavy (non-hydrogen) atoms. The Morgan fingerprint density at radius 1 is 0.796 bits per heavy atom. The minimum Gasteiger partial charge on any atom is -0.449 e. The van der Waals surface area contributed by atoms with Crippen molar-refractivity contribution < 1.29 is 19.1 Å². The summed E-state index contributed by atoms with van der Waals surface area (Å²) in [6.45, 7) is 2.33. The third-order valence-corrected chi connectivity index (χ3v) is 8.49. The maximum absolute atomic E-state index is 12.7. The Hall–Kier alpha value is -4.42. The number of hydrogen-bond acceptors (Lipinski definition) is 9. The van der Waals surface area contributed by atoms with Crippen LogP contribution in [-0.2, 0) is 44.8 Å². The highest BCUT2D eigenvalue weighted by molar-refractivity contribution is 7.15. The Labute approximate surface area is 303 Å². The van der Waals surface area contributed by atoms with Gasteiger partial charge in [0.25, 0.3) is 12.4 Å². The molecule has 5 aromatic rings. The molecule has 0 bridgehead atoms. The lowest BCUT2D eigenvalue weighted by Crippen LogP contribution is -2.23. The molecular weight excluding hydrogens is 707 g/mol. The number of nitrogens with zero attached hydrogens (tertiary/aromatic N) is 4. The minimum absolute atomic E-state index is 0.190. The zero-order valence-corrected chi connectivity index (χ0v) is 29.5. The Kier molecular flexibility index (Phi) is 14.9. The molecule has 0 fully saturated rings. The van der Waals surface area contributed by atoms with Gasteiger partial charge in [0.15, 0.2) is 5.82 Å². The SMILES string of the molecule is CCc1cccc(Cl)c1.O=COC(C(=O)Nc1nnc(CCCCc2ccc(NC(=O)Cc3cccc(Cl)c3)nn2)s1)c1cccc(Cl)c1. The highest BCUT2D eigenvalue weighted by Gasteiger charge is 2.23. The topological polar surface area (TPSA) is 136 Å². The molecule has 1 atom stereocenters. The van der Waals surface area contributed by atoms with Crippen molar-refractivity contribution in [3.05, 3.63) is 127 Å². The molecule has 0 radical (unpaired) electrons. The van der Waals surface area contributed by atoms with E-state index in [1.807, 2.05) is 30.3 Å². The Morgan fingerprint density at radius 2 is 1.47 bits per heavy atom. The maximum Gasteiger partial charge on any atom is 0.294 e. The second kappa shape index (κ2) is 19.5. The molecule has 14 heteroatoms. The lowest BCUT2D eigenvalue weighted by Gasteiger charge is -2.14. The van der Waals surface area contributed by atoms with Crippen LogP contribution in [0.2, 0.25) is 15.1 Å². The molecule has 0 aliphatic carbocycles. The number of nitrogens with one attached hydrogen (secondary N) is 2. The normalized spacial score (nSPS) is 11.1. The van der Waals surface area contributed by atoms with Crippen LogP contribution in [0, 0.1) is 0 Å². The lowest BCUT2D eigenvalue weighted by atomic mass is 10.1. The molecular formula is C35H33Cl3N6O4S. The van der Waals surface area contributed by atoms with E-state index in [0.29, 0.717) is 39.4 Å². The largest absolute Gasteiger partial charge is 0.449 e. The number of hydrogen-bond donors (Lipinski definition) is 2. The van der Waals surface area contributed by atoms with Crippen molar-refractivity contribution in [3.63, 3.8) is 0 Å². The van der Waals surface area contributed by atoms with Gasteiger partial charge in [-0.1, -0.05) is 89.5 Å². The first kappa shape index (κ1) is 37.4. The van der Waals surface area contributed by atoms with Gasteiger partial charge in [-0.3, -0.25) is 19.7 Å². The zero-order valence-electron chi connectivity index (χ0n) is 26.4. The van der Waals surface area contributed by atoms with E-state index >= 15 is 0 Å². The van der Waals surface area contributed by atoms with Crippen molar-refractivity contribution in [3.8, 4) is 0 Å². The van der Waals surface area contributed by atoms with Gasteiger partial charge in [-0.2, -0.15) is 5.10 Å². The highest BCUT2D eigenvalue weighted by Crippen LogP contribution is 2.24. The van der Waals surface area contributed by atoms with E-state index in [-0.39, 0.29) is 18.8 Å². The number of carbonyl (C=O) groups excluding carboxylic acids is 3. The van der Waals surface area contributed by atoms with Gasteiger partial charge in [-0.05, 0) is 85.3 Å². The Morgan fingerprint density at radius 3 is 2.10 bits per heavy atom. The minimum atomic E-state index is -1.16. The fraction of sp³-hybridized carbons (Fsp3) is 0.229. The highest BCUT2D eigenvalue weighted by atomic mass is 35.5. The summed E-state index contributed by atoms with van der Waals surface area (Å²) in [5.41, 5.74) is 3.36. The van der Waals surface area contributed by atoms with Gasteiger partial charge in [0.05, 0.1) is 12.1 Å². The smallest absolute Gasteiger partial charge is 0.294 e. The van der Waals surface area contributed by atoms with Gasteiger partial charge in [-0.25, -0.2) is 0 Å². The summed E-state index contributed by atoms with van der Waals surface area (Å²) < 4.78 is 4.97. The number of amides is 2. The molecule has 2 aromatic heterocycles. The number of anilines is 2. The van der Waals surface area contributed by atoms with Gasteiger partial charge < -0.3 is 10.1 Å². The van der Waals surface area contributed by atoms with E-state index in [4.69, 9.17) is 39.5 Å². The Bertz CT molecular complexity index is 1840. The average molecular weight is 740 g/mol. The molecule has 0 saturated carbocycles. The molecule has 2 amide bonds. The van der Waals surface area contributed by atoms with Gasteiger partial charge in [0.2, 0.25) is 17.1 Å². The first-order valence-electron chi connectivity index (χ1n) is 15.3. The number of carbonyl (C=O) groups is 3. The zero-order chi connectivity index (χ0) is 35.0. The number of ether oxygens (including phenoxy) is 1. The summed E-state index contributed by atoms with van der Waals surface area (Å²) in [4.78, 5) is 35.8. The number of rotatable bonds is 14. The van der Waals surface area contributed by atoms with Crippen LogP contribution in [0.4, 0.5) is 10.9 Å². The molecule has 254 valence electrons. The van der Waals surface area contributed by atoms with Crippen LogP contribution in [0.5, 0.6) is 0 Å². The fourth-order valence-corrected chi connectivity index (χ4v) is 5.92. The summed E-state index contributed by atoms with van der Waals surface area (Å²) in [6.07, 6.45) is 3.11. The van der Waals surface area contributed by atoms with Crippen LogP contribution >= 0.6 is 46.1 Å². The van der Waals surface area contributed by atoms with Crippen molar-refractivity contribution in [2.75, 3.05) is 10.6 Å². The van der Waals surface area contributed by atoms with Crippen molar-refractivity contribution in [1.82, 2.24) is 20.4 Å². The quantitative estimate of drug-likeness (QED) is 0.0861. The summed E-state index contributed by atoms with van der Waals surface area (Å²) >= 11 is 18.9. The lowest BCUT2D eigenvalue weighted by molar-refractivity contribution is -0.142.